The minimum atomic E-state index is 0.278. The number of nitrogen functional groups attached to an aromatic ring is 1. The molecule has 0 aliphatic rings. The Balaban J connectivity index is 2.14. The van der Waals surface area contributed by atoms with Gasteiger partial charge in [-0.1, -0.05) is 23.2 Å². The van der Waals surface area contributed by atoms with Gasteiger partial charge < -0.3 is 11.1 Å². The van der Waals surface area contributed by atoms with E-state index >= 15 is 0 Å². The molecule has 2 heterocycles. The fourth-order valence-electron chi connectivity index (χ4n) is 1.35. The molecule has 0 saturated heterocycles. The smallest absolute Gasteiger partial charge is 0.147 e. The molecule has 2 aromatic rings. The van der Waals surface area contributed by atoms with Crippen LogP contribution in [0.1, 0.15) is 11.1 Å². The van der Waals surface area contributed by atoms with Crippen molar-refractivity contribution in [1.82, 2.24) is 4.98 Å². The van der Waals surface area contributed by atoms with Crippen molar-refractivity contribution in [3.05, 3.63) is 38.0 Å². The van der Waals surface area contributed by atoms with E-state index in [2.05, 4.69) is 28.0 Å². The second-order valence-corrected chi connectivity index (χ2v) is 5.18. The van der Waals surface area contributed by atoms with Gasteiger partial charge >= 0.3 is 0 Å². The standard InChI is InChI=1S/C11H11Cl2N3S/c1-6-4-17-5-7(6)3-15-11-9(13)2-8(12)10(14)16-11/h2,4-5H,3H2,1H3,(H3,14,15,16). The molecule has 0 aliphatic carbocycles. The number of aryl methyl sites for hydroxylation is 1. The molecular formula is C11H11Cl2N3S. The summed E-state index contributed by atoms with van der Waals surface area (Å²) in [6.45, 7) is 2.74. The van der Waals surface area contributed by atoms with E-state index in [4.69, 9.17) is 28.9 Å². The van der Waals surface area contributed by atoms with Gasteiger partial charge in [-0.2, -0.15) is 11.3 Å². The summed E-state index contributed by atoms with van der Waals surface area (Å²) in [5, 5.41) is 8.18. The second-order valence-electron chi connectivity index (χ2n) is 3.62. The first-order valence-corrected chi connectivity index (χ1v) is 6.65. The van der Waals surface area contributed by atoms with Crippen LogP contribution in [0.4, 0.5) is 11.6 Å². The summed E-state index contributed by atoms with van der Waals surface area (Å²) in [5.41, 5.74) is 8.10. The van der Waals surface area contributed by atoms with Crippen LogP contribution in [0.5, 0.6) is 0 Å². The first-order valence-electron chi connectivity index (χ1n) is 4.95. The topological polar surface area (TPSA) is 50.9 Å². The van der Waals surface area contributed by atoms with Crippen molar-refractivity contribution in [1.29, 1.82) is 0 Å². The third-order valence-electron chi connectivity index (χ3n) is 2.36. The van der Waals surface area contributed by atoms with Gasteiger partial charge in [0.15, 0.2) is 0 Å². The summed E-state index contributed by atoms with van der Waals surface area (Å²) >= 11 is 13.5. The SMILES string of the molecule is Cc1cscc1CNc1nc(N)c(Cl)cc1Cl. The molecule has 0 unspecified atom stereocenters. The molecule has 90 valence electrons. The van der Waals surface area contributed by atoms with Crippen LogP contribution < -0.4 is 11.1 Å². The molecule has 0 saturated carbocycles. The Hall–Kier alpha value is -0.970. The third kappa shape index (κ3) is 2.83. The Morgan fingerprint density at radius 3 is 2.76 bits per heavy atom. The van der Waals surface area contributed by atoms with E-state index in [1.165, 1.54) is 11.1 Å². The fourth-order valence-corrected chi connectivity index (χ4v) is 2.63. The average Bonchev–Trinajstić information content (AvgIpc) is 2.68. The van der Waals surface area contributed by atoms with Crippen molar-refractivity contribution in [2.24, 2.45) is 0 Å². The van der Waals surface area contributed by atoms with Crippen LogP contribution in [-0.4, -0.2) is 4.98 Å². The number of rotatable bonds is 3. The lowest BCUT2D eigenvalue weighted by molar-refractivity contribution is 1.11. The zero-order chi connectivity index (χ0) is 12.4. The van der Waals surface area contributed by atoms with Crippen molar-refractivity contribution >= 4 is 46.2 Å². The first-order chi connectivity index (χ1) is 8.08. The molecule has 2 rings (SSSR count). The highest BCUT2D eigenvalue weighted by Crippen LogP contribution is 2.28. The highest BCUT2D eigenvalue weighted by molar-refractivity contribution is 7.08. The van der Waals surface area contributed by atoms with Gasteiger partial charge in [-0.25, -0.2) is 4.98 Å². The quantitative estimate of drug-likeness (QED) is 0.899. The predicted molar refractivity (Wildman–Crippen MR) is 75.1 cm³/mol. The van der Waals surface area contributed by atoms with Crippen LogP contribution in [0.3, 0.4) is 0 Å². The van der Waals surface area contributed by atoms with E-state index in [9.17, 15) is 0 Å². The Morgan fingerprint density at radius 2 is 2.12 bits per heavy atom. The number of aromatic nitrogens is 1. The van der Waals surface area contributed by atoms with E-state index in [0.29, 0.717) is 22.4 Å². The summed E-state index contributed by atoms with van der Waals surface area (Å²) in [7, 11) is 0. The number of nitrogens with zero attached hydrogens (tertiary/aromatic N) is 1. The van der Waals surface area contributed by atoms with E-state index in [0.717, 1.165) is 0 Å². The Kier molecular flexibility index (Phi) is 3.76. The highest BCUT2D eigenvalue weighted by Gasteiger charge is 2.07. The average molecular weight is 288 g/mol. The zero-order valence-corrected chi connectivity index (χ0v) is 11.5. The molecule has 0 fully saturated rings. The molecule has 3 N–H and O–H groups in total. The summed E-state index contributed by atoms with van der Waals surface area (Å²) in [6.07, 6.45) is 0. The molecule has 0 aliphatic heterocycles. The lowest BCUT2D eigenvalue weighted by Gasteiger charge is -2.08. The molecule has 2 aromatic heterocycles. The molecule has 0 atom stereocenters. The van der Waals surface area contributed by atoms with Crippen LogP contribution in [0.15, 0.2) is 16.8 Å². The summed E-state index contributed by atoms with van der Waals surface area (Å²) in [4.78, 5) is 4.11. The van der Waals surface area contributed by atoms with Gasteiger partial charge in [0.25, 0.3) is 0 Å². The van der Waals surface area contributed by atoms with Crippen molar-refractivity contribution in [2.75, 3.05) is 11.1 Å². The van der Waals surface area contributed by atoms with Gasteiger partial charge in [-0.05, 0) is 34.9 Å². The van der Waals surface area contributed by atoms with Gasteiger partial charge in [0, 0.05) is 6.54 Å². The summed E-state index contributed by atoms with van der Waals surface area (Å²) < 4.78 is 0. The maximum absolute atomic E-state index is 6.02. The molecule has 0 radical (unpaired) electrons. The predicted octanol–water partition coefficient (Wildman–Crippen LogP) is 3.95. The Morgan fingerprint density at radius 1 is 1.35 bits per heavy atom. The molecule has 17 heavy (non-hydrogen) atoms. The van der Waals surface area contributed by atoms with Crippen molar-refractivity contribution in [3.63, 3.8) is 0 Å². The van der Waals surface area contributed by atoms with Crippen molar-refractivity contribution in [2.45, 2.75) is 13.5 Å². The van der Waals surface area contributed by atoms with Crippen molar-refractivity contribution in [3.8, 4) is 0 Å². The van der Waals surface area contributed by atoms with Crippen LogP contribution in [0, 0.1) is 6.92 Å². The number of hydrogen-bond acceptors (Lipinski definition) is 4. The highest BCUT2D eigenvalue weighted by atomic mass is 35.5. The molecule has 0 bridgehead atoms. The van der Waals surface area contributed by atoms with E-state index in [1.807, 2.05) is 0 Å². The van der Waals surface area contributed by atoms with Gasteiger partial charge in [0.2, 0.25) is 0 Å². The van der Waals surface area contributed by atoms with E-state index in [1.54, 1.807) is 17.4 Å². The van der Waals surface area contributed by atoms with Crippen LogP contribution in [0.25, 0.3) is 0 Å². The molecular weight excluding hydrogens is 277 g/mol. The number of hydrogen-bond donors (Lipinski definition) is 2. The monoisotopic (exact) mass is 287 g/mol. The third-order valence-corrected chi connectivity index (χ3v) is 3.87. The minimum Gasteiger partial charge on any atom is -0.382 e. The molecule has 0 aromatic carbocycles. The van der Waals surface area contributed by atoms with Crippen LogP contribution in [0.2, 0.25) is 10.0 Å². The number of pyridine rings is 1. The lowest BCUT2D eigenvalue weighted by Crippen LogP contribution is -2.04. The van der Waals surface area contributed by atoms with Gasteiger partial charge in [-0.15, -0.1) is 0 Å². The number of thiophene rings is 1. The Bertz CT molecular complexity index is 540. The lowest BCUT2D eigenvalue weighted by atomic mass is 10.2. The molecule has 6 heteroatoms. The van der Waals surface area contributed by atoms with Gasteiger partial charge in [0.05, 0.1) is 10.0 Å². The van der Waals surface area contributed by atoms with Crippen molar-refractivity contribution < 1.29 is 0 Å². The fraction of sp³-hybridized carbons (Fsp3) is 0.182. The zero-order valence-electron chi connectivity index (χ0n) is 9.13. The normalized spacial score (nSPS) is 10.5. The van der Waals surface area contributed by atoms with Gasteiger partial charge in [0.1, 0.15) is 11.6 Å². The molecule has 3 nitrogen and oxygen atoms in total. The minimum absolute atomic E-state index is 0.278. The Labute approximate surface area is 114 Å². The van der Waals surface area contributed by atoms with E-state index in [-0.39, 0.29) is 5.82 Å². The molecule has 0 spiro atoms. The summed E-state index contributed by atoms with van der Waals surface area (Å²) in [5.74, 6) is 0.833. The van der Waals surface area contributed by atoms with Crippen LogP contribution in [-0.2, 0) is 6.54 Å². The number of nitrogens with one attached hydrogen (secondary N) is 1. The second kappa shape index (κ2) is 5.12. The summed E-state index contributed by atoms with van der Waals surface area (Å²) in [6, 6.07) is 1.59. The van der Waals surface area contributed by atoms with Gasteiger partial charge in [-0.3, -0.25) is 0 Å². The maximum Gasteiger partial charge on any atom is 0.147 e. The number of anilines is 2. The largest absolute Gasteiger partial charge is 0.382 e. The first kappa shape index (κ1) is 12.5. The van der Waals surface area contributed by atoms with Crippen LogP contribution >= 0.6 is 34.5 Å². The number of nitrogens with two attached hydrogens (primary N) is 1. The molecule has 0 amide bonds. The number of halogens is 2. The maximum atomic E-state index is 6.02. The van der Waals surface area contributed by atoms with E-state index < -0.39 is 0 Å².